The number of hydrogen-bond donors (Lipinski definition) is 1. The third-order valence-electron chi connectivity index (χ3n) is 3.00. The van der Waals surface area contributed by atoms with E-state index in [1.165, 1.54) is 12.1 Å². The molecule has 1 aliphatic heterocycles. The van der Waals surface area contributed by atoms with Crippen molar-refractivity contribution in [2.24, 2.45) is 0 Å². The van der Waals surface area contributed by atoms with E-state index in [4.69, 9.17) is 0 Å². The first-order chi connectivity index (χ1) is 10.3. The van der Waals surface area contributed by atoms with Gasteiger partial charge in [0.05, 0.1) is 13.0 Å². The number of carbonyl (C=O) groups is 2. The Morgan fingerprint density at radius 1 is 1.41 bits per heavy atom. The molecule has 1 saturated heterocycles. The van der Waals surface area contributed by atoms with Crippen LogP contribution in [0.15, 0.2) is 24.3 Å². The Morgan fingerprint density at radius 2 is 2.14 bits per heavy atom. The van der Waals surface area contributed by atoms with Crippen LogP contribution in [-0.2, 0) is 9.53 Å². The van der Waals surface area contributed by atoms with Crippen LogP contribution >= 0.6 is 0 Å². The normalized spacial score (nSPS) is 16.4. The number of anilines is 1. The summed E-state index contributed by atoms with van der Waals surface area (Å²) in [7, 11) is 0. The summed E-state index contributed by atoms with van der Waals surface area (Å²) in [6.07, 6.45) is -6.70. The second-order valence-electron chi connectivity index (χ2n) is 4.61. The molecule has 0 spiro atoms. The van der Waals surface area contributed by atoms with Gasteiger partial charge < -0.3 is 10.1 Å². The van der Waals surface area contributed by atoms with E-state index in [0.29, 0.717) is 4.90 Å². The van der Waals surface area contributed by atoms with Gasteiger partial charge in [0.2, 0.25) is 5.91 Å². The van der Waals surface area contributed by atoms with E-state index >= 15 is 0 Å². The van der Waals surface area contributed by atoms with E-state index in [0.717, 1.165) is 12.1 Å². The van der Waals surface area contributed by atoms with Crippen LogP contribution in [0.4, 0.5) is 28.0 Å². The smallest absolute Gasteiger partial charge is 0.416 e. The molecule has 1 fully saturated rings. The van der Waals surface area contributed by atoms with E-state index in [9.17, 15) is 27.2 Å². The topological polar surface area (TPSA) is 58.6 Å². The first-order valence-electron chi connectivity index (χ1n) is 6.33. The van der Waals surface area contributed by atoms with Crippen molar-refractivity contribution in [2.45, 2.75) is 18.6 Å². The van der Waals surface area contributed by atoms with Gasteiger partial charge in [-0.1, -0.05) is 6.07 Å². The maximum atomic E-state index is 13.0. The van der Waals surface area contributed by atoms with Crippen molar-refractivity contribution >= 4 is 17.7 Å². The van der Waals surface area contributed by atoms with Gasteiger partial charge in [-0.2, -0.15) is 13.2 Å². The molecule has 1 aromatic rings. The lowest BCUT2D eigenvalue weighted by atomic mass is 10.1. The van der Waals surface area contributed by atoms with Crippen LogP contribution in [0.25, 0.3) is 0 Å². The molecule has 120 valence electrons. The van der Waals surface area contributed by atoms with E-state index in [-0.39, 0.29) is 18.8 Å². The molecular formula is C13H12F4N2O3. The van der Waals surface area contributed by atoms with Crippen LogP contribution in [0.2, 0.25) is 0 Å². The summed E-state index contributed by atoms with van der Waals surface area (Å²) in [6.45, 7) is -0.124. The van der Waals surface area contributed by atoms with Gasteiger partial charge in [-0.15, -0.1) is 0 Å². The van der Waals surface area contributed by atoms with Crippen LogP contribution in [0.3, 0.4) is 0 Å². The Hall–Kier alpha value is -2.32. The van der Waals surface area contributed by atoms with Crippen molar-refractivity contribution in [3.63, 3.8) is 0 Å². The largest absolute Gasteiger partial charge is 0.447 e. The number of nitrogens with one attached hydrogen (secondary N) is 1. The summed E-state index contributed by atoms with van der Waals surface area (Å²) < 4.78 is 56.5. The zero-order chi connectivity index (χ0) is 16.3. The highest BCUT2D eigenvalue weighted by atomic mass is 19.4. The number of nitrogens with zero attached hydrogens (tertiary/aromatic N) is 1. The molecule has 0 saturated carbocycles. The zero-order valence-electron chi connectivity index (χ0n) is 11.2. The van der Waals surface area contributed by atoms with Crippen LogP contribution in [0, 0.1) is 5.82 Å². The summed E-state index contributed by atoms with van der Waals surface area (Å²) in [5.41, 5.74) is -0.112. The number of imide groups is 1. The highest BCUT2D eigenvalue weighted by molar-refractivity contribution is 5.93. The number of rotatable bonds is 4. The van der Waals surface area contributed by atoms with Gasteiger partial charge in [-0.25, -0.2) is 14.1 Å². The fourth-order valence-corrected chi connectivity index (χ4v) is 1.93. The molecule has 0 unspecified atom stereocenters. The van der Waals surface area contributed by atoms with Gasteiger partial charge in [0.25, 0.3) is 0 Å². The Labute approximate surface area is 122 Å². The molecule has 1 heterocycles. The molecule has 1 aromatic carbocycles. The lowest BCUT2D eigenvalue weighted by molar-refractivity contribution is -0.153. The summed E-state index contributed by atoms with van der Waals surface area (Å²) >= 11 is 0. The lowest BCUT2D eigenvalue weighted by Gasteiger charge is -2.23. The molecule has 1 aliphatic rings. The summed E-state index contributed by atoms with van der Waals surface area (Å²) in [6, 6.07) is 2.21. The zero-order valence-corrected chi connectivity index (χ0v) is 11.2. The van der Waals surface area contributed by atoms with E-state index < -0.39 is 36.5 Å². The van der Waals surface area contributed by atoms with E-state index in [1.807, 2.05) is 0 Å². The minimum atomic E-state index is -4.74. The number of halogens is 4. The van der Waals surface area contributed by atoms with Gasteiger partial charge in [0.1, 0.15) is 18.5 Å². The fourth-order valence-electron chi connectivity index (χ4n) is 1.93. The maximum absolute atomic E-state index is 13.0. The monoisotopic (exact) mass is 320 g/mol. The summed E-state index contributed by atoms with van der Waals surface area (Å²) in [5, 5.41) is 2.06. The number of cyclic esters (lactones) is 1. The average molecular weight is 320 g/mol. The quantitative estimate of drug-likeness (QED) is 0.866. The Kier molecular flexibility index (Phi) is 4.53. The van der Waals surface area contributed by atoms with Gasteiger partial charge in [-0.05, 0) is 18.2 Å². The molecule has 9 heteroatoms. The first-order valence-corrected chi connectivity index (χ1v) is 6.33. The van der Waals surface area contributed by atoms with E-state index in [2.05, 4.69) is 10.1 Å². The number of ether oxygens (including phenoxy) is 1. The number of amides is 2. The molecule has 2 amide bonds. The van der Waals surface area contributed by atoms with Gasteiger partial charge in [-0.3, -0.25) is 4.79 Å². The van der Waals surface area contributed by atoms with Crippen LogP contribution in [-0.4, -0.2) is 42.3 Å². The molecule has 0 aromatic heterocycles. The third kappa shape index (κ3) is 3.86. The highest BCUT2D eigenvalue weighted by Gasteiger charge is 2.43. The molecule has 0 radical (unpaired) electrons. The van der Waals surface area contributed by atoms with Crippen LogP contribution in [0.5, 0.6) is 0 Å². The predicted octanol–water partition coefficient (Wildman–Crippen LogP) is 2.54. The minimum Gasteiger partial charge on any atom is -0.447 e. The summed E-state index contributed by atoms with van der Waals surface area (Å²) in [5.74, 6) is -1.71. The van der Waals surface area contributed by atoms with Gasteiger partial charge >= 0.3 is 12.3 Å². The van der Waals surface area contributed by atoms with Gasteiger partial charge in [0, 0.05) is 5.69 Å². The first kappa shape index (κ1) is 16.1. The molecule has 1 N–H and O–H groups in total. The Balaban J connectivity index is 2.10. The second kappa shape index (κ2) is 6.20. The van der Waals surface area contributed by atoms with Crippen molar-refractivity contribution in [1.82, 2.24) is 4.90 Å². The van der Waals surface area contributed by atoms with Crippen LogP contribution < -0.4 is 5.32 Å². The van der Waals surface area contributed by atoms with Gasteiger partial charge in [0.15, 0.2) is 0 Å². The van der Waals surface area contributed by atoms with Crippen molar-refractivity contribution in [2.75, 3.05) is 18.5 Å². The number of hydrogen-bond acceptors (Lipinski definition) is 4. The molecule has 2 rings (SSSR count). The molecule has 0 aliphatic carbocycles. The number of alkyl halides is 3. The van der Waals surface area contributed by atoms with Crippen molar-refractivity contribution in [1.29, 1.82) is 0 Å². The molecule has 1 atom stereocenters. The summed E-state index contributed by atoms with van der Waals surface area (Å²) in [4.78, 5) is 23.6. The molecule has 22 heavy (non-hydrogen) atoms. The predicted molar refractivity (Wildman–Crippen MR) is 67.5 cm³/mol. The molecular weight excluding hydrogens is 308 g/mol. The van der Waals surface area contributed by atoms with Crippen molar-refractivity contribution < 1.29 is 31.9 Å². The second-order valence-corrected chi connectivity index (χ2v) is 4.61. The highest BCUT2D eigenvalue weighted by Crippen LogP contribution is 2.27. The lowest BCUT2D eigenvalue weighted by Crippen LogP contribution is -2.42. The third-order valence-corrected chi connectivity index (χ3v) is 3.00. The minimum absolute atomic E-state index is 0.0431. The standard InChI is InChI=1S/C13H12F4N2O3/c14-8-2-1-3-9(6-8)18-10(13(15,16)17)7-11(20)19-4-5-22-12(19)21/h1-3,6,10,18H,4-5,7H2/t10-/m0/s1. The van der Waals surface area contributed by atoms with Crippen molar-refractivity contribution in [3.05, 3.63) is 30.1 Å². The molecule has 5 nitrogen and oxygen atoms in total. The Bertz CT molecular complexity index is 577. The number of carbonyl (C=O) groups excluding carboxylic acids is 2. The number of benzene rings is 1. The Morgan fingerprint density at radius 3 is 2.68 bits per heavy atom. The van der Waals surface area contributed by atoms with E-state index in [1.54, 1.807) is 0 Å². The van der Waals surface area contributed by atoms with Crippen LogP contribution in [0.1, 0.15) is 6.42 Å². The SMILES string of the molecule is O=C(C[C@H](Nc1cccc(F)c1)C(F)(F)F)N1CCOC1=O. The maximum Gasteiger partial charge on any atom is 0.416 e. The molecule has 0 bridgehead atoms. The fraction of sp³-hybridized carbons (Fsp3) is 0.385. The van der Waals surface area contributed by atoms with Crippen molar-refractivity contribution in [3.8, 4) is 0 Å². The average Bonchev–Trinajstić information content (AvgIpc) is 2.83.